The summed E-state index contributed by atoms with van der Waals surface area (Å²) in [6.45, 7) is 4.65. The van der Waals surface area contributed by atoms with Crippen molar-refractivity contribution in [3.05, 3.63) is 29.6 Å². The number of halogens is 1. The molecule has 0 aliphatic heterocycles. The first-order valence-electron chi connectivity index (χ1n) is 5.90. The lowest BCUT2D eigenvalue weighted by molar-refractivity contribution is 0.443. The van der Waals surface area contributed by atoms with Crippen molar-refractivity contribution in [1.29, 1.82) is 0 Å². The van der Waals surface area contributed by atoms with Gasteiger partial charge in [-0.25, -0.2) is 12.8 Å². The molecule has 0 aliphatic carbocycles. The molecule has 1 N–H and O–H groups in total. The molecule has 0 aliphatic rings. The van der Waals surface area contributed by atoms with E-state index < -0.39 is 15.8 Å². The number of hydrogen-bond acceptors (Lipinski definition) is 3. The molecule has 0 atom stereocenters. The molecule has 1 aromatic carbocycles. The summed E-state index contributed by atoms with van der Waals surface area (Å²) in [7, 11) is -1.90. The fourth-order valence-electron chi connectivity index (χ4n) is 1.81. The number of benzene rings is 1. The first kappa shape index (κ1) is 15.1. The third kappa shape index (κ3) is 3.07. The lowest BCUT2D eigenvalue weighted by Crippen LogP contribution is -2.31. The lowest BCUT2D eigenvalue weighted by atomic mass is 10.2. The van der Waals surface area contributed by atoms with Crippen LogP contribution in [0, 0.1) is 5.82 Å². The van der Waals surface area contributed by atoms with Crippen molar-refractivity contribution in [3.63, 3.8) is 0 Å². The first-order valence-corrected chi connectivity index (χ1v) is 7.34. The molecule has 1 aromatic rings. The van der Waals surface area contributed by atoms with Gasteiger partial charge in [0, 0.05) is 19.6 Å². The van der Waals surface area contributed by atoms with Crippen LogP contribution in [0.5, 0.6) is 0 Å². The maximum Gasteiger partial charge on any atom is 0.243 e. The van der Waals surface area contributed by atoms with Crippen molar-refractivity contribution in [2.75, 3.05) is 20.1 Å². The molecule has 1 rings (SSSR count). The Bertz CT molecular complexity index is 499. The van der Waals surface area contributed by atoms with Crippen LogP contribution in [0.1, 0.15) is 19.4 Å². The Morgan fingerprint density at radius 2 is 1.89 bits per heavy atom. The van der Waals surface area contributed by atoms with Crippen LogP contribution in [0.2, 0.25) is 0 Å². The summed E-state index contributed by atoms with van der Waals surface area (Å²) in [5.74, 6) is -0.541. The third-order valence-corrected chi connectivity index (χ3v) is 4.85. The smallest absolute Gasteiger partial charge is 0.243 e. The highest BCUT2D eigenvalue weighted by molar-refractivity contribution is 7.89. The first-order chi connectivity index (χ1) is 8.47. The topological polar surface area (TPSA) is 49.4 Å². The Labute approximate surface area is 108 Å². The van der Waals surface area contributed by atoms with Gasteiger partial charge < -0.3 is 5.32 Å². The maximum absolute atomic E-state index is 13.3. The van der Waals surface area contributed by atoms with Gasteiger partial charge in [-0.1, -0.05) is 19.9 Å². The molecule has 0 saturated heterocycles. The number of hydrogen-bond donors (Lipinski definition) is 1. The number of nitrogens with zero attached hydrogens (tertiary/aromatic N) is 1. The molecule has 4 nitrogen and oxygen atoms in total. The van der Waals surface area contributed by atoms with Crippen LogP contribution in [-0.4, -0.2) is 32.9 Å². The van der Waals surface area contributed by atoms with Crippen LogP contribution in [0.25, 0.3) is 0 Å². The zero-order chi connectivity index (χ0) is 13.8. The summed E-state index contributed by atoms with van der Waals surface area (Å²) in [6, 6.07) is 3.86. The summed E-state index contributed by atoms with van der Waals surface area (Å²) in [6.07, 6.45) is 0. The van der Waals surface area contributed by atoms with Gasteiger partial charge in [-0.15, -0.1) is 0 Å². The van der Waals surface area contributed by atoms with Crippen LogP contribution in [0.4, 0.5) is 4.39 Å². The SMILES string of the molecule is CCN(CC)S(=O)(=O)c1cc(F)ccc1CNC. The Balaban J connectivity index is 3.33. The van der Waals surface area contributed by atoms with E-state index in [1.807, 2.05) is 0 Å². The molecular weight excluding hydrogens is 255 g/mol. The normalized spacial score (nSPS) is 12.1. The zero-order valence-corrected chi connectivity index (χ0v) is 11.7. The summed E-state index contributed by atoms with van der Waals surface area (Å²) < 4.78 is 39.4. The van der Waals surface area contributed by atoms with Gasteiger partial charge in [0.15, 0.2) is 0 Å². The summed E-state index contributed by atoms with van der Waals surface area (Å²) in [5, 5.41) is 2.89. The number of nitrogens with one attached hydrogen (secondary N) is 1. The van der Waals surface area contributed by atoms with Gasteiger partial charge in [-0.05, 0) is 24.7 Å². The molecule has 0 heterocycles. The molecule has 0 bridgehead atoms. The standard InChI is InChI=1S/C12H19FN2O2S/c1-4-15(5-2)18(16,17)12-8-11(13)7-6-10(12)9-14-3/h6-8,14H,4-5,9H2,1-3H3. The highest BCUT2D eigenvalue weighted by atomic mass is 32.2. The van der Waals surface area contributed by atoms with E-state index in [0.29, 0.717) is 25.2 Å². The summed E-state index contributed by atoms with van der Waals surface area (Å²) in [5.41, 5.74) is 0.575. The molecule has 102 valence electrons. The number of rotatable bonds is 6. The average molecular weight is 274 g/mol. The zero-order valence-electron chi connectivity index (χ0n) is 10.9. The van der Waals surface area contributed by atoms with E-state index in [1.165, 1.54) is 16.4 Å². The van der Waals surface area contributed by atoms with Crippen LogP contribution in [-0.2, 0) is 16.6 Å². The quantitative estimate of drug-likeness (QED) is 0.856. The van der Waals surface area contributed by atoms with E-state index in [0.717, 1.165) is 6.07 Å². The van der Waals surface area contributed by atoms with Gasteiger partial charge in [0.2, 0.25) is 10.0 Å². The van der Waals surface area contributed by atoms with Crippen molar-refractivity contribution in [2.24, 2.45) is 0 Å². The van der Waals surface area contributed by atoms with Gasteiger partial charge in [0.1, 0.15) is 5.82 Å². The van der Waals surface area contributed by atoms with Gasteiger partial charge in [-0.3, -0.25) is 0 Å². The fourth-order valence-corrected chi connectivity index (χ4v) is 3.50. The largest absolute Gasteiger partial charge is 0.316 e. The van der Waals surface area contributed by atoms with Gasteiger partial charge in [0.05, 0.1) is 4.90 Å². The predicted molar refractivity (Wildman–Crippen MR) is 69.3 cm³/mol. The van der Waals surface area contributed by atoms with E-state index in [4.69, 9.17) is 0 Å². The Hall–Kier alpha value is -0.980. The van der Waals surface area contributed by atoms with Crippen molar-refractivity contribution in [1.82, 2.24) is 9.62 Å². The molecule has 0 saturated carbocycles. The second-order valence-electron chi connectivity index (χ2n) is 3.87. The second-order valence-corrected chi connectivity index (χ2v) is 5.78. The minimum atomic E-state index is -3.62. The third-order valence-electron chi connectivity index (χ3n) is 2.72. The molecule has 0 aromatic heterocycles. The Morgan fingerprint density at radius 1 is 1.28 bits per heavy atom. The van der Waals surface area contributed by atoms with E-state index in [9.17, 15) is 12.8 Å². The van der Waals surface area contributed by atoms with Crippen LogP contribution < -0.4 is 5.32 Å². The number of sulfonamides is 1. The maximum atomic E-state index is 13.3. The van der Waals surface area contributed by atoms with Gasteiger partial charge in [-0.2, -0.15) is 4.31 Å². The van der Waals surface area contributed by atoms with Crippen molar-refractivity contribution in [2.45, 2.75) is 25.3 Å². The highest BCUT2D eigenvalue weighted by Crippen LogP contribution is 2.21. The molecule has 0 radical (unpaired) electrons. The molecule has 0 fully saturated rings. The lowest BCUT2D eigenvalue weighted by Gasteiger charge is -2.20. The monoisotopic (exact) mass is 274 g/mol. The molecule has 0 amide bonds. The summed E-state index contributed by atoms with van der Waals surface area (Å²) in [4.78, 5) is 0.0422. The van der Waals surface area contributed by atoms with E-state index in [-0.39, 0.29) is 4.90 Å². The van der Waals surface area contributed by atoms with E-state index in [2.05, 4.69) is 5.32 Å². The van der Waals surface area contributed by atoms with E-state index in [1.54, 1.807) is 20.9 Å². The minimum Gasteiger partial charge on any atom is -0.316 e. The van der Waals surface area contributed by atoms with Gasteiger partial charge >= 0.3 is 0 Å². The average Bonchev–Trinajstić information content (AvgIpc) is 2.33. The molecule has 18 heavy (non-hydrogen) atoms. The molecule has 0 spiro atoms. The van der Waals surface area contributed by atoms with Crippen LogP contribution in [0.15, 0.2) is 23.1 Å². The van der Waals surface area contributed by atoms with Crippen LogP contribution >= 0.6 is 0 Å². The van der Waals surface area contributed by atoms with Crippen molar-refractivity contribution >= 4 is 10.0 Å². The van der Waals surface area contributed by atoms with Gasteiger partial charge in [0.25, 0.3) is 0 Å². The molecular formula is C12H19FN2O2S. The van der Waals surface area contributed by atoms with E-state index >= 15 is 0 Å². The highest BCUT2D eigenvalue weighted by Gasteiger charge is 2.24. The Morgan fingerprint density at radius 3 is 2.39 bits per heavy atom. The molecule has 0 unspecified atom stereocenters. The second kappa shape index (κ2) is 6.26. The van der Waals surface area contributed by atoms with Crippen molar-refractivity contribution in [3.8, 4) is 0 Å². The Kier molecular flexibility index (Phi) is 5.25. The predicted octanol–water partition coefficient (Wildman–Crippen LogP) is 1.58. The van der Waals surface area contributed by atoms with Crippen LogP contribution in [0.3, 0.4) is 0 Å². The molecule has 6 heteroatoms. The summed E-state index contributed by atoms with van der Waals surface area (Å²) >= 11 is 0. The minimum absolute atomic E-state index is 0.0422. The fraction of sp³-hybridized carbons (Fsp3) is 0.500. The van der Waals surface area contributed by atoms with Crippen molar-refractivity contribution < 1.29 is 12.8 Å².